The van der Waals surface area contributed by atoms with Crippen LogP contribution < -0.4 is 15.8 Å². The summed E-state index contributed by atoms with van der Waals surface area (Å²) in [5.74, 6) is -0.569. The van der Waals surface area contributed by atoms with E-state index in [1.54, 1.807) is 20.8 Å². The molecule has 0 aliphatic carbocycles. The molecule has 0 saturated carbocycles. The van der Waals surface area contributed by atoms with Gasteiger partial charge in [-0.15, -0.1) is 6.58 Å². The first-order valence-corrected chi connectivity index (χ1v) is 11.3. The van der Waals surface area contributed by atoms with Crippen LogP contribution in [0.1, 0.15) is 32.0 Å². The fourth-order valence-electron chi connectivity index (χ4n) is 3.23. The Balaban J connectivity index is 2.13. The van der Waals surface area contributed by atoms with Gasteiger partial charge in [-0.25, -0.2) is 29.7 Å². The van der Waals surface area contributed by atoms with E-state index in [-0.39, 0.29) is 39.3 Å². The summed E-state index contributed by atoms with van der Waals surface area (Å²) < 4.78 is 48.7. The van der Waals surface area contributed by atoms with Crippen LogP contribution in [0.4, 0.5) is 34.3 Å². The number of aryl methyl sites for hydroxylation is 1. The Morgan fingerprint density at radius 1 is 1.16 bits per heavy atom. The van der Waals surface area contributed by atoms with Crippen molar-refractivity contribution in [3.05, 3.63) is 52.4 Å². The lowest BCUT2D eigenvalue weighted by atomic mass is 10.1. The van der Waals surface area contributed by atoms with Crippen LogP contribution in [0.2, 0.25) is 10.3 Å². The molecule has 198 valence electrons. The number of urea groups is 1. The first kappa shape index (κ1) is 28.0. The summed E-state index contributed by atoms with van der Waals surface area (Å²) in [6, 6.07) is 2.14. The maximum atomic E-state index is 14.1. The molecule has 15 heteroatoms. The number of rotatable bonds is 4. The topological polar surface area (TPSA) is 114 Å². The lowest BCUT2D eigenvalue weighted by Gasteiger charge is -2.27. The molecule has 3 aromatic rings. The smallest absolute Gasteiger partial charge is 0.435 e. The number of carbonyl (C=O) groups is 2. The van der Waals surface area contributed by atoms with Gasteiger partial charge in [0, 0.05) is 5.69 Å². The second-order valence-electron chi connectivity index (χ2n) is 8.66. The van der Waals surface area contributed by atoms with Gasteiger partial charge in [-0.1, -0.05) is 29.3 Å². The maximum absolute atomic E-state index is 14.1. The lowest BCUT2D eigenvalue weighted by molar-refractivity contribution is -0.136. The summed E-state index contributed by atoms with van der Waals surface area (Å²) >= 11 is 11.7. The highest BCUT2D eigenvalue weighted by atomic mass is 35.5. The number of fused-ring (bicyclic) bond motifs is 1. The second-order valence-corrected chi connectivity index (χ2v) is 9.44. The molecule has 0 fully saturated rings. The Morgan fingerprint density at radius 2 is 1.78 bits per heavy atom. The van der Waals surface area contributed by atoms with Gasteiger partial charge in [0.2, 0.25) is 0 Å². The quantitative estimate of drug-likeness (QED) is 0.226. The Bertz CT molecular complexity index is 1350. The number of hydrogen-bond donors (Lipinski definition) is 2. The van der Waals surface area contributed by atoms with Gasteiger partial charge >= 0.3 is 18.3 Å². The van der Waals surface area contributed by atoms with Gasteiger partial charge in [0.1, 0.15) is 15.9 Å². The third-order valence-electron chi connectivity index (χ3n) is 4.51. The minimum absolute atomic E-state index is 0.0282. The molecule has 0 atom stereocenters. The van der Waals surface area contributed by atoms with E-state index in [1.807, 2.05) is 0 Å². The van der Waals surface area contributed by atoms with Crippen LogP contribution in [0.5, 0.6) is 0 Å². The van der Waals surface area contributed by atoms with Crippen LogP contribution >= 0.6 is 23.2 Å². The van der Waals surface area contributed by atoms with E-state index in [4.69, 9.17) is 27.9 Å². The number of halogens is 5. The van der Waals surface area contributed by atoms with Gasteiger partial charge in [-0.05, 0) is 45.9 Å². The largest absolute Gasteiger partial charge is 0.442 e. The highest BCUT2D eigenvalue weighted by Gasteiger charge is 2.37. The second kappa shape index (κ2) is 10.4. The number of hydrazine groups is 1. The molecule has 10 nitrogen and oxygen atoms in total. The third-order valence-corrected chi connectivity index (χ3v) is 4.90. The molecule has 3 aromatic heterocycles. The zero-order valence-electron chi connectivity index (χ0n) is 20.1. The molecule has 0 radical (unpaired) electrons. The van der Waals surface area contributed by atoms with Crippen LogP contribution in [-0.4, -0.2) is 37.5 Å². The monoisotopic (exact) mass is 559 g/mol. The molecule has 0 unspecified atom stereocenters. The third kappa shape index (κ3) is 6.80. The van der Waals surface area contributed by atoms with E-state index in [9.17, 15) is 22.8 Å². The molecule has 3 heterocycles. The highest BCUT2D eigenvalue weighted by molar-refractivity contribution is 6.33. The van der Waals surface area contributed by atoms with Crippen molar-refractivity contribution in [3.8, 4) is 0 Å². The van der Waals surface area contributed by atoms with Crippen LogP contribution in [-0.2, 0) is 17.5 Å². The summed E-state index contributed by atoms with van der Waals surface area (Å²) in [6.45, 7) is 9.66. The molecular formula is C22H22Cl2F3N7O3. The molecule has 0 aliphatic rings. The van der Waals surface area contributed by atoms with Crippen LogP contribution in [0.15, 0.2) is 30.9 Å². The van der Waals surface area contributed by atoms with Gasteiger partial charge in [-0.2, -0.15) is 23.3 Å². The molecule has 3 rings (SSSR count). The van der Waals surface area contributed by atoms with Crippen molar-refractivity contribution in [2.45, 2.75) is 46.0 Å². The predicted molar refractivity (Wildman–Crippen MR) is 133 cm³/mol. The standard InChI is InChI=1S/C22H22Cl2F3N7O3/c1-6-7-33-18-17(11(2)31-33)13(22(25,26)27)10-16(30-18)34(20(36)37-21(3,4)5)32-19(35)28-12-8-14(23)29-15(24)9-12/h6,8-10H,1,7H2,2-5H3,(H2,28,29,32,35). The molecule has 0 aromatic carbocycles. The van der Waals surface area contributed by atoms with Crippen molar-refractivity contribution in [2.24, 2.45) is 0 Å². The molecule has 0 spiro atoms. The lowest BCUT2D eigenvalue weighted by Crippen LogP contribution is -2.50. The van der Waals surface area contributed by atoms with Crippen LogP contribution in [0.25, 0.3) is 11.0 Å². The SMILES string of the molecule is C=CCn1nc(C)c2c(C(F)(F)F)cc(N(NC(=O)Nc3cc(Cl)nc(Cl)c3)C(=O)OC(C)(C)C)nc21. The van der Waals surface area contributed by atoms with E-state index in [0.717, 1.165) is 0 Å². The van der Waals surface area contributed by atoms with Gasteiger partial charge in [0.05, 0.1) is 23.2 Å². The fourth-order valence-corrected chi connectivity index (χ4v) is 3.69. The van der Waals surface area contributed by atoms with E-state index in [2.05, 4.69) is 32.4 Å². The number of nitrogens with one attached hydrogen (secondary N) is 2. The van der Waals surface area contributed by atoms with Crippen molar-refractivity contribution < 1.29 is 27.5 Å². The number of anilines is 2. The molecule has 2 N–H and O–H groups in total. The highest BCUT2D eigenvalue weighted by Crippen LogP contribution is 2.38. The molecule has 0 saturated heterocycles. The van der Waals surface area contributed by atoms with Crippen LogP contribution in [0, 0.1) is 6.92 Å². The van der Waals surface area contributed by atoms with Crippen LogP contribution in [0.3, 0.4) is 0 Å². The van der Waals surface area contributed by atoms with Crippen molar-refractivity contribution in [1.82, 2.24) is 25.2 Å². The minimum Gasteiger partial charge on any atom is -0.442 e. The zero-order valence-corrected chi connectivity index (χ0v) is 21.6. The Kier molecular flexibility index (Phi) is 7.89. The number of carbonyl (C=O) groups excluding carboxylic acids is 2. The fraction of sp³-hybridized carbons (Fsp3) is 0.318. The van der Waals surface area contributed by atoms with Gasteiger partial charge in [0.25, 0.3) is 0 Å². The molecule has 0 bridgehead atoms. The summed E-state index contributed by atoms with van der Waals surface area (Å²) in [5, 5.41) is 6.62. The van der Waals surface area contributed by atoms with E-state index in [1.165, 1.54) is 29.8 Å². The van der Waals surface area contributed by atoms with Gasteiger partial charge < -0.3 is 10.1 Å². The first-order chi connectivity index (χ1) is 17.1. The summed E-state index contributed by atoms with van der Waals surface area (Å²) in [4.78, 5) is 33.7. The van der Waals surface area contributed by atoms with Crippen molar-refractivity contribution >= 4 is 57.9 Å². The Labute approximate surface area is 219 Å². The molecule has 37 heavy (non-hydrogen) atoms. The summed E-state index contributed by atoms with van der Waals surface area (Å²) in [6.07, 6.45) is -4.61. The van der Waals surface area contributed by atoms with Crippen molar-refractivity contribution in [2.75, 3.05) is 10.3 Å². The number of ether oxygens (including phenoxy) is 1. The summed E-state index contributed by atoms with van der Waals surface area (Å²) in [5.41, 5.74) is 0.00240. The average Bonchev–Trinajstić information content (AvgIpc) is 3.04. The summed E-state index contributed by atoms with van der Waals surface area (Å²) in [7, 11) is 0. The van der Waals surface area contributed by atoms with Gasteiger partial charge in [0.15, 0.2) is 11.5 Å². The number of alkyl halides is 3. The maximum Gasteiger partial charge on any atom is 0.435 e. The Morgan fingerprint density at radius 3 is 2.32 bits per heavy atom. The molecular weight excluding hydrogens is 538 g/mol. The molecule has 0 aliphatic heterocycles. The number of hydrogen-bond acceptors (Lipinski definition) is 6. The number of allylic oxidation sites excluding steroid dienone is 1. The van der Waals surface area contributed by atoms with Gasteiger partial charge in [-0.3, -0.25) is 0 Å². The number of amides is 3. The van der Waals surface area contributed by atoms with E-state index < -0.39 is 35.3 Å². The molecule has 3 amide bonds. The minimum atomic E-state index is -4.84. The number of aromatic nitrogens is 4. The predicted octanol–water partition coefficient (Wildman–Crippen LogP) is 6.12. The Hall–Kier alpha value is -3.58. The van der Waals surface area contributed by atoms with Crippen molar-refractivity contribution in [1.29, 1.82) is 0 Å². The normalized spacial score (nSPS) is 11.8. The zero-order chi connectivity index (χ0) is 27.7. The number of nitrogens with zero attached hydrogens (tertiary/aromatic N) is 5. The average molecular weight is 560 g/mol. The van der Waals surface area contributed by atoms with E-state index >= 15 is 0 Å². The van der Waals surface area contributed by atoms with E-state index in [0.29, 0.717) is 11.1 Å². The van der Waals surface area contributed by atoms with Crippen molar-refractivity contribution in [3.63, 3.8) is 0 Å². The first-order valence-electron chi connectivity index (χ1n) is 10.6. The number of pyridine rings is 2.